The Morgan fingerprint density at radius 3 is 2.57 bits per heavy atom. The number of aromatic nitrogens is 4. The SMILES string of the molecule is COc1ccccc1-c1noc(CSc2nc3ccccc3c(=O)n2CCCc2ccccc2)n1. The van der Waals surface area contributed by atoms with E-state index >= 15 is 0 Å². The largest absolute Gasteiger partial charge is 0.496 e. The smallest absolute Gasteiger partial charge is 0.262 e. The zero-order valence-electron chi connectivity index (χ0n) is 19.3. The summed E-state index contributed by atoms with van der Waals surface area (Å²) in [7, 11) is 1.61. The van der Waals surface area contributed by atoms with Crippen LogP contribution in [0.5, 0.6) is 5.75 Å². The van der Waals surface area contributed by atoms with Gasteiger partial charge in [-0.05, 0) is 42.7 Å². The fourth-order valence-electron chi connectivity index (χ4n) is 3.92. The Kier molecular flexibility index (Phi) is 6.90. The lowest BCUT2D eigenvalue weighted by molar-refractivity contribution is 0.390. The van der Waals surface area contributed by atoms with Crippen molar-refractivity contribution in [1.29, 1.82) is 0 Å². The van der Waals surface area contributed by atoms with Gasteiger partial charge in [-0.2, -0.15) is 4.98 Å². The molecule has 5 rings (SSSR count). The van der Waals surface area contributed by atoms with Crippen molar-refractivity contribution in [3.05, 3.63) is 101 Å². The number of ether oxygens (including phenoxy) is 1. The average molecular weight is 485 g/mol. The van der Waals surface area contributed by atoms with Crippen molar-refractivity contribution < 1.29 is 9.26 Å². The Morgan fingerprint density at radius 2 is 1.71 bits per heavy atom. The van der Waals surface area contributed by atoms with Crippen molar-refractivity contribution in [2.75, 3.05) is 7.11 Å². The van der Waals surface area contributed by atoms with E-state index in [-0.39, 0.29) is 5.56 Å². The maximum atomic E-state index is 13.3. The molecule has 0 bridgehead atoms. The number of hydrogen-bond acceptors (Lipinski definition) is 7. The van der Waals surface area contributed by atoms with Gasteiger partial charge in [0.2, 0.25) is 11.7 Å². The second-order valence-corrected chi connectivity index (χ2v) is 8.90. The monoisotopic (exact) mass is 484 g/mol. The minimum Gasteiger partial charge on any atom is -0.496 e. The number of nitrogens with zero attached hydrogens (tertiary/aromatic N) is 4. The van der Waals surface area contributed by atoms with E-state index in [4.69, 9.17) is 14.2 Å². The van der Waals surface area contributed by atoms with E-state index in [1.165, 1.54) is 17.3 Å². The van der Waals surface area contributed by atoms with Gasteiger partial charge in [0.05, 0.1) is 29.3 Å². The van der Waals surface area contributed by atoms with Gasteiger partial charge in [0.1, 0.15) is 5.75 Å². The summed E-state index contributed by atoms with van der Waals surface area (Å²) in [5, 5.41) is 5.37. The maximum Gasteiger partial charge on any atom is 0.262 e. The van der Waals surface area contributed by atoms with Crippen LogP contribution >= 0.6 is 11.8 Å². The number of fused-ring (bicyclic) bond motifs is 1. The van der Waals surface area contributed by atoms with Gasteiger partial charge in [-0.15, -0.1) is 0 Å². The number of aryl methyl sites for hydroxylation is 1. The highest BCUT2D eigenvalue weighted by molar-refractivity contribution is 7.98. The first kappa shape index (κ1) is 22.9. The van der Waals surface area contributed by atoms with Crippen LogP contribution in [0, 0.1) is 0 Å². The molecule has 0 saturated carbocycles. The molecular weight excluding hydrogens is 460 g/mol. The van der Waals surface area contributed by atoms with E-state index in [0.29, 0.717) is 45.8 Å². The van der Waals surface area contributed by atoms with Crippen LogP contribution in [0.2, 0.25) is 0 Å². The first-order valence-electron chi connectivity index (χ1n) is 11.3. The first-order valence-corrected chi connectivity index (χ1v) is 12.3. The Hall–Kier alpha value is -3.91. The molecule has 7 nitrogen and oxygen atoms in total. The second-order valence-electron chi connectivity index (χ2n) is 7.96. The number of rotatable bonds is 9. The molecule has 0 atom stereocenters. The molecule has 0 amide bonds. The third-order valence-electron chi connectivity index (χ3n) is 5.66. The molecule has 0 N–H and O–H groups in total. The zero-order chi connectivity index (χ0) is 24.0. The summed E-state index contributed by atoms with van der Waals surface area (Å²) in [5.41, 5.74) is 2.65. The molecule has 176 valence electrons. The lowest BCUT2D eigenvalue weighted by atomic mass is 10.1. The number of methoxy groups -OCH3 is 1. The molecular formula is C27H24N4O3S. The van der Waals surface area contributed by atoms with E-state index in [9.17, 15) is 4.79 Å². The number of para-hydroxylation sites is 2. The van der Waals surface area contributed by atoms with Crippen molar-refractivity contribution in [2.24, 2.45) is 0 Å². The predicted molar refractivity (Wildman–Crippen MR) is 137 cm³/mol. The van der Waals surface area contributed by atoms with Gasteiger partial charge >= 0.3 is 0 Å². The summed E-state index contributed by atoms with van der Waals surface area (Å²) in [6, 6.07) is 25.2. The van der Waals surface area contributed by atoms with Crippen LogP contribution in [0.1, 0.15) is 17.9 Å². The second kappa shape index (κ2) is 10.6. The van der Waals surface area contributed by atoms with E-state index < -0.39 is 0 Å². The van der Waals surface area contributed by atoms with Gasteiger partial charge < -0.3 is 9.26 Å². The molecule has 0 aliphatic heterocycles. The minimum absolute atomic E-state index is 0.0357. The van der Waals surface area contributed by atoms with Crippen LogP contribution in [-0.4, -0.2) is 26.8 Å². The Bertz CT molecular complexity index is 1500. The summed E-state index contributed by atoms with van der Waals surface area (Å²) in [4.78, 5) is 22.6. The average Bonchev–Trinajstić information content (AvgIpc) is 3.38. The maximum absolute atomic E-state index is 13.3. The molecule has 35 heavy (non-hydrogen) atoms. The number of hydrogen-bond donors (Lipinski definition) is 0. The lowest BCUT2D eigenvalue weighted by Crippen LogP contribution is -2.23. The molecule has 2 heterocycles. The van der Waals surface area contributed by atoms with Gasteiger partial charge in [0, 0.05) is 6.54 Å². The number of thioether (sulfide) groups is 1. The summed E-state index contributed by atoms with van der Waals surface area (Å²) in [6.07, 6.45) is 1.71. The van der Waals surface area contributed by atoms with Crippen LogP contribution < -0.4 is 10.3 Å². The van der Waals surface area contributed by atoms with E-state index in [1.807, 2.05) is 66.7 Å². The summed E-state index contributed by atoms with van der Waals surface area (Å²) >= 11 is 1.42. The summed E-state index contributed by atoms with van der Waals surface area (Å²) in [6.45, 7) is 0.574. The molecule has 8 heteroatoms. The van der Waals surface area contributed by atoms with Crippen LogP contribution in [0.3, 0.4) is 0 Å². The van der Waals surface area contributed by atoms with E-state index in [2.05, 4.69) is 22.3 Å². The fraction of sp³-hybridized carbons (Fsp3) is 0.185. The third kappa shape index (κ3) is 5.12. The lowest BCUT2D eigenvalue weighted by Gasteiger charge is -2.12. The molecule has 5 aromatic rings. The van der Waals surface area contributed by atoms with Crippen molar-refractivity contribution in [3.8, 4) is 17.1 Å². The predicted octanol–water partition coefficient (Wildman–Crippen LogP) is 5.38. The van der Waals surface area contributed by atoms with Crippen LogP contribution in [0.25, 0.3) is 22.3 Å². The Balaban J connectivity index is 1.38. The summed E-state index contributed by atoms with van der Waals surface area (Å²) in [5.74, 6) is 1.99. The molecule has 2 aromatic heterocycles. The fourth-order valence-corrected chi connectivity index (χ4v) is 4.78. The molecule has 0 unspecified atom stereocenters. The van der Waals surface area contributed by atoms with E-state index in [0.717, 1.165) is 18.4 Å². The zero-order valence-corrected chi connectivity index (χ0v) is 20.1. The van der Waals surface area contributed by atoms with Gasteiger partial charge in [-0.25, -0.2) is 4.98 Å². The molecule has 0 aliphatic carbocycles. The van der Waals surface area contributed by atoms with Gasteiger partial charge in [0.15, 0.2) is 5.16 Å². The van der Waals surface area contributed by atoms with Gasteiger partial charge in [-0.1, -0.05) is 71.5 Å². The van der Waals surface area contributed by atoms with Crippen LogP contribution in [0.4, 0.5) is 0 Å². The molecule has 0 fully saturated rings. The summed E-state index contributed by atoms with van der Waals surface area (Å²) < 4.78 is 12.6. The Morgan fingerprint density at radius 1 is 0.943 bits per heavy atom. The quantitative estimate of drug-likeness (QED) is 0.205. The number of benzene rings is 3. The highest BCUT2D eigenvalue weighted by atomic mass is 32.2. The molecule has 0 radical (unpaired) electrons. The van der Waals surface area contributed by atoms with Crippen molar-refractivity contribution in [3.63, 3.8) is 0 Å². The topological polar surface area (TPSA) is 83.0 Å². The Labute approximate surface area is 206 Å². The van der Waals surface area contributed by atoms with E-state index in [1.54, 1.807) is 11.7 Å². The highest BCUT2D eigenvalue weighted by Gasteiger charge is 2.16. The van der Waals surface area contributed by atoms with Crippen molar-refractivity contribution >= 4 is 22.7 Å². The molecule has 0 saturated heterocycles. The van der Waals surface area contributed by atoms with Gasteiger partial charge in [-0.3, -0.25) is 9.36 Å². The molecule has 0 spiro atoms. The van der Waals surface area contributed by atoms with Crippen molar-refractivity contribution in [2.45, 2.75) is 30.3 Å². The molecule has 0 aliphatic rings. The third-order valence-corrected chi connectivity index (χ3v) is 6.62. The highest BCUT2D eigenvalue weighted by Crippen LogP contribution is 2.28. The van der Waals surface area contributed by atoms with Crippen molar-refractivity contribution in [1.82, 2.24) is 19.7 Å². The normalized spacial score (nSPS) is 11.1. The first-order chi connectivity index (χ1) is 17.2. The molecule has 3 aromatic carbocycles. The van der Waals surface area contributed by atoms with Gasteiger partial charge in [0.25, 0.3) is 5.56 Å². The minimum atomic E-state index is -0.0357. The van der Waals surface area contributed by atoms with Crippen LogP contribution in [-0.2, 0) is 18.7 Å². The standard InChI is InChI=1S/C27H24N4O3S/c1-33-23-16-8-6-14-21(23)25-29-24(34-30-25)18-35-27-28-22-15-7-5-13-20(22)26(32)31(27)17-9-12-19-10-3-2-4-11-19/h2-8,10-11,13-16H,9,12,17-18H2,1H3. The van der Waals surface area contributed by atoms with Crippen LogP contribution in [0.15, 0.2) is 93.3 Å².